The number of aliphatic hydroxyl groups excluding tert-OH is 1. The number of aliphatic hydroxyl groups is 1. The van der Waals surface area contributed by atoms with Crippen LogP contribution in [0.5, 0.6) is 0 Å². The van der Waals surface area contributed by atoms with E-state index in [4.69, 9.17) is 10.8 Å². The number of nitrogens with zero attached hydrogens (tertiary/aromatic N) is 1. The molecule has 0 aliphatic rings. The monoisotopic (exact) mass is 222 g/mol. The summed E-state index contributed by atoms with van der Waals surface area (Å²) >= 11 is 0. The van der Waals surface area contributed by atoms with E-state index in [1.165, 1.54) is 5.69 Å². The van der Waals surface area contributed by atoms with Crippen LogP contribution in [0.4, 0.5) is 5.69 Å². The molecule has 0 heterocycles. The molecule has 1 aromatic carbocycles. The van der Waals surface area contributed by atoms with E-state index in [0.717, 1.165) is 25.1 Å². The van der Waals surface area contributed by atoms with Gasteiger partial charge in [-0.05, 0) is 38.0 Å². The number of nitrogens with two attached hydrogens (primary N) is 1. The Labute approximate surface area is 97.9 Å². The second kappa shape index (κ2) is 6.51. The van der Waals surface area contributed by atoms with Crippen LogP contribution >= 0.6 is 0 Å². The summed E-state index contributed by atoms with van der Waals surface area (Å²) in [7, 11) is 0. The molecule has 16 heavy (non-hydrogen) atoms. The van der Waals surface area contributed by atoms with Crippen molar-refractivity contribution in [3.8, 4) is 0 Å². The molecule has 1 rings (SSSR count). The molecule has 0 amide bonds. The first-order valence-corrected chi connectivity index (χ1v) is 5.90. The van der Waals surface area contributed by atoms with E-state index in [9.17, 15) is 0 Å². The van der Waals surface area contributed by atoms with Crippen molar-refractivity contribution < 1.29 is 5.11 Å². The van der Waals surface area contributed by atoms with E-state index in [2.05, 4.69) is 36.1 Å². The molecule has 3 heteroatoms. The Morgan fingerprint density at radius 2 is 1.94 bits per heavy atom. The first-order valence-electron chi connectivity index (χ1n) is 5.90. The molecule has 3 nitrogen and oxygen atoms in total. The molecule has 1 aromatic rings. The van der Waals surface area contributed by atoms with Crippen molar-refractivity contribution in [1.29, 1.82) is 0 Å². The van der Waals surface area contributed by atoms with Gasteiger partial charge in [-0.1, -0.05) is 12.1 Å². The Kier molecular flexibility index (Phi) is 5.29. The lowest BCUT2D eigenvalue weighted by molar-refractivity contribution is 0.289. The molecule has 0 saturated carbocycles. The Bertz CT molecular complexity index is 295. The summed E-state index contributed by atoms with van der Waals surface area (Å²) in [5.74, 6) is 0. The summed E-state index contributed by atoms with van der Waals surface area (Å²) < 4.78 is 0. The zero-order valence-corrected chi connectivity index (χ0v) is 10.2. The molecular formula is C13H22N2O. The molecule has 3 N–H and O–H groups in total. The summed E-state index contributed by atoms with van der Waals surface area (Å²) in [5, 5.41) is 8.83. The quantitative estimate of drug-likeness (QED) is 0.773. The van der Waals surface area contributed by atoms with Crippen LogP contribution in [0.3, 0.4) is 0 Å². The van der Waals surface area contributed by atoms with Gasteiger partial charge in [-0.15, -0.1) is 0 Å². The molecule has 0 saturated heterocycles. The fourth-order valence-electron chi connectivity index (χ4n) is 1.72. The lowest BCUT2D eigenvalue weighted by Gasteiger charge is -2.23. The third-order valence-electron chi connectivity index (χ3n) is 2.75. The highest BCUT2D eigenvalue weighted by atomic mass is 16.3. The zero-order chi connectivity index (χ0) is 12.0. The molecule has 0 fully saturated rings. The Morgan fingerprint density at radius 1 is 1.31 bits per heavy atom. The van der Waals surface area contributed by atoms with Crippen molar-refractivity contribution in [1.82, 2.24) is 0 Å². The fourth-order valence-corrected chi connectivity index (χ4v) is 1.72. The van der Waals surface area contributed by atoms with Crippen LogP contribution in [0.2, 0.25) is 0 Å². The van der Waals surface area contributed by atoms with Gasteiger partial charge < -0.3 is 15.7 Å². The average molecular weight is 222 g/mol. The third-order valence-corrected chi connectivity index (χ3v) is 2.75. The van der Waals surface area contributed by atoms with Gasteiger partial charge in [-0.2, -0.15) is 0 Å². The van der Waals surface area contributed by atoms with E-state index in [-0.39, 0.29) is 12.6 Å². The fraction of sp³-hybridized carbons (Fsp3) is 0.538. The SMILES string of the molecule is CCN(CCCO)c1ccc([C@H](C)N)cc1. The van der Waals surface area contributed by atoms with E-state index in [0.29, 0.717) is 0 Å². The largest absolute Gasteiger partial charge is 0.396 e. The molecule has 0 unspecified atom stereocenters. The van der Waals surface area contributed by atoms with Crippen LogP contribution in [0.15, 0.2) is 24.3 Å². The van der Waals surface area contributed by atoms with E-state index < -0.39 is 0 Å². The molecule has 0 aliphatic heterocycles. The standard InChI is InChI=1S/C13H22N2O/c1-3-15(9-4-10-16)13-7-5-12(6-8-13)11(2)14/h5-8,11,16H,3-4,9-10,14H2,1-2H3/t11-/m0/s1. The Hall–Kier alpha value is -1.06. The number of rotatable bonds is 6. The number of hydrogen-bond donors (Lipinski definition) is 2. The highest BCUT2D eigenvalue weighted by Gasteiger charge is 2.04. The van der Waals surface area contributed by atoms with Crippen LogP contribution in [0, 0.1) is 0 Å². The van der Waals surface area contributed by atoms with Crippen molar-refractivity contribution in [2.45, 2.75) is 26.3 Å². The predicted molar refractivity (Wildman–Crippen MR) is 68.6 cm³/mol. The van der Waals surface area contributed by atoms with Crippen LogP contribution in [0.25, 0.3) is 0 Å². The topological polar surface area (TPSA) is 49.5 Å². The summed E-state index contributed by atoms with van der Waals surface area (Å²) in [6, 6.07) is 8.42. The predicted octanol–water partition coefficient (Wildman–Crippen LogP) is 1.92. The summed E-state index contributed by atoms with van der Waals surface area (Å²) in [6.45, 7) is 6.20. The third kappa shape index (κ3) is 3.51. The van der Waals surface area contributed by atoms with Crippen LogP contribution in [-0.4, -0.2) is 24.8 Å². The summed E-state index contributed by atoms with van der Waals surface area (Å²) in [5.41, 5.74) is 8.16. The molecule has 0 aromatic heterocycles. The first-order chi connectivity index (χ1) is 7.69. The minimum absolute atomic E-state index is 0.0848. The number of benzene rings is 1. The average Bonchev–Trinajstić information content (AvgIpc) is 2.30. The molecule has 0 aliphatic carbocycles. The minimum atomic E-state index is 0.0848. The first kappa shape index (κ1) is 13.0. The molecule has 1 atom stereocenters. The summed E-state index contributed by atoms with van der Waals surface area (Å²) in [4.78, 5) is 2.25. The van der Waals surface area contributed by atoms with Gasteiger partial charge in [0.1, 0.15) is 0 Å². The van der Waals surface area contributed by atoms with Gasteiger partial charge in [0, 0.05) is 31.4 Å². The smallest absolute Gasteiger partial charge is 0.0447 e. The number of anilines is 1. The van der Waals surface area contributed by atoms with Crippen LogP contribution in [-0.2, 0) is 0 Å². The van der Waals surface area contributed by atoms with Gasteiger partial charge >= 0.3 is 0 Å². The zero-order valence-electron chi connectivity index (χ0n) is 10.2. The van der Waals surface area contributed by atoms with Crippen molar-refractivity contribution in [2.75, 3.05) is 24.6 Å². The molecule has 0 spiro atoms. The van der Waals surface area contributed by atoms with Crippen LogP contribution in [0.1, 0.15) is 31.9 Å². The van der Waals surface area contributed by atoms with Crippen molar-refractivity contribution in [3.63, 3.8) is 0 Å². The van der Waals surface area contributed by atoms with Crippen molar-refractivity contribution in [2.24, 2.45) is 5.73 Å². The number of hydrogen-bond acceptors (Lipinski definition) is 3. The van der Waals surface area contributed by atoms with Gasteiger partial charge in [-0.3, -0.25) is 0 Å². The molecular weight excluding hydrogens is 200 g/mol. The minimum Gasteiger partial charge on any atom is -0.396 e. The molecule has 90 valence electrons. The maximum atomic E-state index is 8.83. The lowest BCUT2D eigenvalue weighted by Crippen LogP contribution is -2.24. The van der Waals surface area contributed by atoms with E-state index >= 15 is 0 Å². The lowest BCUT2D eigenvalue weighted by atomic mass is 10.1. The van der Waals surface area contributed by atoms with Gasteiger partial charge in [0.25, 0.3) is 0 Å². The van der Waals surface area contributed by atoms with Crippen LogP contribution < -0.4 is 10.6 Å². The van der Waals surface area contributed by atoms with Gasteiger partial charge in [-0.25, -0.2) is 0 Å². The normalized spacial score (nSPS) is 12.5. The Balaban J connectivity index is 2.70. The van der Waals surface area contributed by atoms with Gasteiger partial charge in [0.05, 0.1) is 0 Å². The van der Waals surface area contributed by atoms with Gasteiger partial charge in [0.15, 0.2) is 0 Å². The van der Waals surface area contributed by atoms with Crippen molar-refractivity contribution >= 4 is 5.69 Å². The maximum absolute atomic E-state index is 8.83. The molecule has 0 radical (unpaired) electrons. The van der Waals surface area contributed by atoms with E-state index in [1.54, 1.807) is 0 Å². The maximum Gasteiger partial charge on any atom is 0.0447 e. The van der Waals surface area contributed by atoms with Gasteiger partial charge in [0.2, 0.25) is 0 Å². The van der Waals surface area contributed by atoms with E-state index in [1.807, 2.05) is 6.92 Å². The highest BCUT2D eigenvalue weighted by Crippen LogP contribution is 2.18. The second-order valence-electron chi connectivity index (χ2n) is 4.04. The highest BCUT2D eigenvalue weighted by molar-refractivity contribution is 5.47. The Morgan fingerprint density at radius 3 is 2.38 bits per heavy atom. The van der Waals surface area contributed by atoms with Crippen molar-refractivity contribution in [3.05, 3.63) is 29.8 Å². The molecule has 0 bridgehead atoms. The second-order valence-corrected chi connectivity index (χ2v) is 4.04. The summed E-state index contributed by atoms with van der Waals surface area (Å²) in [6.07, 6.45) is 0.808.